The number of amides is 1. The number of phenolic OH excluding ortho intramolecular Hbond substituents is 1. The molecule has 10 heteroatoms. The minimum Gasteiger partial charge on any atom is -0.507 e. The van der Waals surface area contributed by atoms with E-state index in [0.29, 0.717) is 24.0 Å². The summed E-state index contributed by atoms with van der Waals surface area (Å²) in [6, 6.07) is 1.67. The summed E-state index contributed by atoms with van der Waals surface area (Å²) < 4.78 is 0. The van der Waals surface area contributed by atoms with Gasteiger partial charge >= 0.3 is 0 Å². The Hall–Kier alpha value is -3.47. The number of aliphatic hydroxyl groups excluding tert-OH is 1. The van der Waals surface area contributed by atoms with Crippen LogP contribution in [0.5, 0.6) is 5.75 Å². The third-order valence-electron chi connectivity index (χ3n) is 8.82. The van der Waals surface area contributed by atoms with Gasteiger partial charge in [-0.25, -0.2) is 0 Å². The maximum absolute atomic E-state index is 14.0. The van der Waals surface area contributed by atoms with Crippen LogP contribution >= 0.6 is 0 Å². The number of fused-ring (bicyclic) bond motifs is 3. The zero-order valence-electron chi connectivity index (χ0n) is 21.2. The number of ketones is 4. The Labute approximate surface area is 218 Å². The van der Waals surface area contributed by atoms with Crippen LogP contribution in [0.1, 0.15) is 47.2 Å². The summed E-state index contributed by atoms with van der Waals surface area (Å²) in [5.74, 6) is -13.2. The third-order valence-corrected chi connectivity index (χ3v) is 8.82. The van der Waals surface area contributed by atoms with Gasteiger partial charge in [-0.3, -0.25) is 28.9 Å². The molecule has 0 spiro atoms. The number of nitrogens with zero attached hydrogens (tertiary/aromatic N) is 1. The third kappa shape index (κ3) is 3.26. The van der Waals surface area contributed by atoms with Gasteiger partial charge in [0.2, 0.25) is 5.91 Å². The molecular weight excluding hydrogens is 492 g/mol. The van der Waals surface area contributed by atoms with Gasteiger partial charge in [-0.2, -0.15) is 0 Å². The number of benzene rings is 1. The summed E-state index contributed by atoms with van der Waals surface area (Å²) in [6.07, 6.45) is 5.62. The highest BCUT2D eigenvalue weighted by molar-refractivity contribution is 6.32. The van der Waals surface area contributed by atoms with Crippen LogP contribution in [-0.2, 0) is 19.2 Å². The lowest BCUT2D eigenvalue weighted by molar-refractivity contribution is -0.196. The average molecular weight is 523 g/mol. The molecular formula is C28H30N2O8. The van der Waals surface area contributed by atoms with Gasteiger partial charge in [0.25, 0.3) is 0 Å². The highest BCUT2D eigenvalue weighted by Crippen LogP contribution is 2.55. The van der Waals surface area contributed by atoms with Crippen LogP contribution in [0.25, 0.3) is 5.57 Å². The van der Waals surface area contributed by atoms with Crippen LogP contribution in [0.4, 0.5) is 0 Å². The fraction of sp³-hybridized carbons (Fsp3) is 0.464. The Morgan fingerprint density at radius 3 is 2.37 bits per heavy atom. The van der Waals surface area contributed by atoms with Crippen LogP contribution in [0, 0.1) is 23.7 Å². The standard InChI is InChI=1S/C28H30N2O8/c1-11-15-13(12-7-5-4-6-8-12)9-10-14(31)17(15)22(32)18-16(11)23(33)20-21(30(2)3)24(34)19(27(29)37)26(36)28(20,38)25(18)35/h4-5,8-11,16,18-21,23,31,33,38H,6-7H2,1-3H3,(H2,29,37)/t11-,16+,18?,19?,20+,21-,23-,28-/m0/s1. The summed E-state index contributed by atoms with van der Waals surface area (Å²) in [5, 5.41) is 34.2. The van der Waals surface area contributed by atoms with Crippen molar-refractivity contribution in [2.75, 3.05) is 14.1 Å². The first kappa shape index (κ1) is 26.1. The van der Waals surface area contributed by atoms with Gasteiger partial charge < -0.3 is 21.1 Å². The molecule has 4 aliphatic carbocycles. The van der Waals surface area contributed by atoms with E-state index < -0.39 is 76.4 Å². The fourth-order valence-electron chi connectivity index (χ4n) is 7.17. The second-order valence-corrected chi connectivity index (χ2v) is 10.9. The summed E-state index contributed by atoms with van der Waals surface area (Å²) in [7, 11) is 2.92. The number of carbonyl (C=O) groups is 5. The van der Waals surface area contributed by atoms with Gasteiger partial charge in [0.05, 0.1) is 29.5 Å². The lowest BCUT2D eigenvalue weighted by Gasteiger charge is -2.56. The van der Waals surface area contributed by atoms with E-state index in [1.165, 1.54) is 25.1 Å². The number of hydrogen-bond acceptors (Lipinski definition) is 9. The van der Waals surface area contributed by atoms with E-state index in [2.05, 4.69) is 0 Å². The predicted octanol–water partition coefficient (Wildman–Crippen LogP) is 0.132. The predicted molar refractivity (Wildman–Crippen MR) is 134 cm³/mol. The molecule has 38 heavy (non-hydrogen) atoms. The maximum Gasteiger partial charge on any atom is 0.235 e. The van der Waals surface area contributed by atoms with Crippen molar-refractivity contribution >= 4 is 34.6 Å². The number of aromatic hydroxyl groups is 1. The molecule has 8 atom stereocenters. The zero-order valence-corrected chi connectivity index (χ0v) is 21.2. The monoisotopic (exact) mass is 522 g/mol. The molecule has 1 amide bonds. The minimum atomic E-state index is -3.00. The molecule has 1 aromatic carbocycles. The molecule has 1 aromatic rings. The summed E-state index contributed by atoms with van der Waals surface area (Å²) in [6.45, 7) is 1.72. The number of Topliss-reactive ketones (excluding diaryl/α,β-unsaturated/α-hetero) is 4. The Kier molecular flexibility index (Phi) is 6.05. The molecule has 10 nitrogen and oxygen atoms in total. The van der Waals surface area contributed by atoms with Gasteiger partial charge in [0, 0.05) is 5.92 Å². The van der Waals surface area contributed by atoms with Crippen molar-refractivity contribution in [3.05, 3.63) is 47.1 Å². The molecule has 200 valence electrons. The molecule has 2 saturated carbocycles. The number of allylic oxidation sites excluding steroid dienone is 4. The van der Waals surface area contributed by atoms with Crippen molar-refractivity contribution < 1.29 is 39.3 Å². The van der Waals surface area contributed by atoms with Crippen molar-refractivity contribution in [1.82, 2.24) is 4.90 Å². The van der Waals surface area contributed by atoms with Gasteiger partial charge in [0.15, 0.2) is 34.7 Å². The number of likely N-dealkylation sites (N-methyl/N-ethyl adjacent to an activating group) is 1. The number of rotatable bonds is 3. The summed E-state index contributed by atoms with van der Waals surface area (Å²) in [4.78, 5) is 68.0. The molecule has 0 heterocycles. The highest BCUT2D eigenvalue weighted by Gasteiger charge is 2.73. The molecule has 5 rings (SSSR count). The van der Waals surface area contributed by atoms with Crippen molar-refractivity contribution in [2.24, 2.45) is 29.4 Å². The van der Waals surface area contributed by atoms with E-state index in [4.69, 9.17) is 5.73 Å². The van der Waals surface area contributed by atoms with E-state index in [-0.39, 0.29) is 11.3 Å². The number of phenols is 1. The number of primary amides is 1. The Morgan fingerprint density at radius 1 is 1.11 bits per heavy atom. The first-order valence-electron chi connectivity index (χ1n) is 12.6. The normalized spacial score (nSPS) is 36.5. The van der Waals surface area contributed by atoms with Gasteiger partial charge in [-0.1, -0.05) is 31.2 Å². The van der Waals surface area contributed by atoms with Crippen LogP contribution in [-0.4, -0.2) is 81.1 Å². The van der Waals surface area contributed by atoms with E-state index in [9.17, 15) is 39.3 Å². The topological polar surface area (TPSA) is 175 Å². The number of aliphatic hydroxyl groups is 2. The molecule has 0 saturated heterocycles. The molecule has 5 N–H and O–H groups in total. The quantitative estimate of drug-likeness (QED) is 0.318. The van der Waals surface area contributed by atoms with Gasteiger partial charge in [-0.15, -0.1) is 0 Å². The molecule has 4 aliphatic rings. The lowest BCUT2D eigenvalue weighted by atomic mass is 9.49. The van der Waals surface area contributed by atoms with Crippen LogP contribution < -0.4 is 5.73 Å². The van der Waals surface area contributed by atoms with E-state index in [1.54, 1.807) is 13.0 Å². The van der Waals surface area contributed by atoms with Crippen LogP contribution in [0.2, 0.25) is 0 Å². The summed E-state index contributed by atoms with van der Waals surface area (Å²) >= 11 is 0. The molecule has 0 aliphatic heterocycles. The minimum absolute atomic E-state index is 0.0933. The molecule has 0 aromatic heterocycles. The Morgan fingerprint density at radius 2 is 1.79 bits per heavy atom. The van der Waals surface area contributed by atoms with Gasteiger partial charge in [-0.05, 0) is 55.6 Å². The second-order valence-electron chi connectivity index (χ2n) is 10.9. The lowest BCUT2D eigenvalue weighted by Crippen LogP contribution is -2.77. The number of hydrogen-bond donors (Lipinski definition) is 4. The number of nitrogens with two attached hydrogens (primary N) is 1. The first-order chi connectivity index (χ1) is 17.8. The molecule has 2 fully saturated rings. The summed E-state index contributed by atoms with van der Waals surface area (Å²) in [5.41, 5.74) is 4.34. The van der Waals surface area contributed by atoms with Crippen molar-refractivity contribution in [3.8, 4) is 5.75 Å². The molecule has 2 unspecified atom stereocenters. The average Bonchev–Trinajstić information content (AvgIpc) is 2.86. The number of carbonyl (C=O) groups excluding carboxylic acids is 5. The van der Waals surface area contributed by atoms with E-state index in [0.717, 1.165) is 5.57 Å². The Bertz CT molecular complexity index is 1360. The van der Waals surface area contributed by atoms with Crippen molar-refractivity contribution in [2.45, 2.75) is 43.4 Å². The van der Waals surface area contributed by atoms with Crippen LogP contribution in [0.3, 0.4) is 0 Å². The molecule has 0 radical (unpaired) electrons. The molecule has 0 bridgehead atoms. The van der Waals surface area contributed by atoms with Crippen molar-refractivity contribution in [3.63, 3.8) is 0 Å². The SMILES string of the molecule is C[C@H]1c2c(C3=CCC=CC3)ccc(O)c2C(=O)C2C(=O)[C@]3(O)C(=O)C(C(N)=O)C(=O)[C@@H](N(C)C)[C@@H]3[C@@H](O)[C@@H]21. The van der Waals surface area contributed by atoms with Gasteiger partial charge in [0.1, 0.15) is 5.75 Å². The van der Waals surface area contributed by atoms with E-state index >= 15 is 0 Å². The van der Waals surface area contributed by atoms with E-state index in [1.807, 2.05) is 18.2 Å². The van der Waals surface area contributed by atoms with Crippen molar-refractivity contribution in [1.29, 1.82) is 0 Å². The smallest absolute Gasteiger partial charge is 0.235 e. The second kappa shape index (κ2) is 8.79. The highest BCUT2D eigenvalue weighted by atomic mass is 16.3. The maximum atomic E-state index is 14.0. The largest absolute Gasteiger partial charge is 0.507 e. The fourth-order valence-corrected chi connectivity index (χ4v) is 7.17. The zero-order chi connectivity index (χ0) is 27.8. The Balaban J connectivity index is 1.73. The first-order valence-corrected chi connectivity index (χ1v) is 12.6. The van der Waals surface area contributed by atoms with Crippen LogP contribution in [0.15, 0.2) is 30.4 Å².